The molecule has 0 rings (SSSR count). The molecule has 0 aromatic carbocycles. The van der Waals surface area contributed by atoms with Crippen molar-refractivity contribution < 1.29 is 32.9 Å². The van der Waals surface area contributed by atoms with E-state index in [4.69, 9.17) is 9.05 Å². The first kappa shape index (κ1) is 36.2. The van der Waals surface area contributed by atoms with E-state index < -0.39 is 20.0 Å². The lowest BCUT2D eigenvalue weighted by molar-refractivity contribution is -0.870. The highest BCUT2D eigenvalue weighted by Crippen LogP contribution is 2.43. The smallest absolute Gasteiger partial charge is 0.387 e. The predicted octanol–water partition coefficient (Wildman–Crippen LogP) is 5.61. The Balaban J connectivity index is 4.61. The first-order valence-electron chi connectivity index (χ1n) is 13.7. The van der Waals surface area contributed by atoms with Crippen molar-refractivity contribution in [1.82, 2.24) is 5.32 Å². The fraction of sp³-hybridized carbons (Fsp3) is 0.621. The highest BCUT2D eigenvalue weighted by molar-refractivity contribution is 7.47. The Hall–Kier alpha value is -1.80. The van der Waals surface area contributed by atoms with Crippen molar-refractivity contribution in [3.63, 3.8) is 0 Å². The zero-order valence-electron chi connectivity index (χ0n) is 24.1. The van der Waals surface area contributed by atoms with Gasteiger partial charge in [0.15, 0.2) is 0 Å². The molecule has 0 aromatic heterocycles. The van der Waals surface area contributed by atoms with Crippen molar-refractivity contribution >= 4 is 13.7 Å². The van der Waals surface area contributed by atoms with E-state index >= 15 is 0 Å². The number of nitrogens with zero attached hydrogens (tertiary/aromatic N) is 1. The lowest BCUT2D eigenvalue weighted by Gasteiger charge is -2.25. The number of quaternary nitrogens is 1. The van der Waals surface area contributed by atoms with Gasteiger partial charge in [-0.25, -0.2) is 4.57 Å². The van der Waals surface area contributed by atoms with Crippen LogP contribution in [0.25, 0.3) is 0 Å². The summed E-state index contributed by atoms with van der Waals surface area (Å²) in [6.07, 6.45) is 25.3. The molecule has 0 aliphatic heterocycles. The molecule has 0 fully saturated rings. The largest absolute Gasteiger partial charge is 0.472 e. The van der Waals surface area contributed by atoms with Crippen LogP contribution in [0.1, 0.15) is 65.2 Å². The van der Waals surface area contributed by atoms with Crippen LogP contribution in [0.15, 0.2) is 60.8 Å². The van der Waals surface area contributed by atoms with E-state index in [2.05, 4.69) is 48.7 Å². The number of carbonyl (C=O) groups is 1. The van der Waals surface area contributed by atoms with Crippen LogP contribution in [0.4, 0.5) is 0 Å². The number of phosphoric ester groups is 1. The van der Waals surface area contributed by atoms with Gasteiger partial charge in [0.2, 0.25) is 5.91 Å². The maximum Gasteiger partial charge on any atom is 0.472 e. The number of allylic oxidation sites excluding steroid dienone is 9. The third-order valence-corrected chi connectivity index (χ3v) is 6.22. The predicted molar refractivity (Wildman–Crippen MR) is 157 cm³/mol. The summed E-state index contributed by atoms with van der Waals surface area (Å²) in [6, 6.07) is -0.879. The van der Waals surface area contributed by atoms with E-state index in [9.17, 15) is 19.4 Å². The molecule has 3 atom stereocenters. The fourth-order valence-electron chi connectivity index (χ4n) is 2.99. The molecular weight excluding hydrogens is 503 g/mol. The number of carbonyl (C=O) groups excluding carboxylic acids is 1. The maximum absolute atomic E-state index is 12.5. The molecule has 9 heteroatoms. The summed E-state index contributed by atoms with van der Waals surface area (Å²) in [5.74, 6) is -0.275. The summed E-state index contributed by atoms with van der Waals surface area (Å²) in [5.41, 5.74) is 0. The molecule has 38 heavy (non-hydrogen) atoms. The van der Waals surface area contributed by atoms with E-state index in [1.165, 1.54) is 0 Å². The second-order valence-electron chi connectivity index (χ2n) is 10.0. The molecule has 0 aliphatic carbocycles. The Morgan fingerprint density at radius 3 is 2.03 bits per heavy atom. The monoisotopic (exact) mass is 555 g/mol. The number of hydrogen-bond acceptors (Lipinski definition) is 5. The topological polar surface area (TPSA) is 105 Å². The van der Waals surface area contributed by atoms with Crippen molar-refractivity contribution in [1.29, 1.82) is 0 Å². The number of hydrogen-bond donors (Lipinski definition) is 3. The van der Waals surface area contributed by atoms with Gasteiger partial charge in [-0.15, -0.1) is 0 Å². The third-order valence-electron chi connectivity index (χ3n) is 5.24. The number of phosphoric acid groups is 1. The summed E-state index contributed by atoms with van der Waals surface area (Å²) >= 11 is 0. The SMILES string of the molecule is CC/C=C\C/C=C\C/C=C\C/C=C\CCC(=O)NC(COP(=O)(O)OCC[N+](C)(C)C)C(O)/C=C/CCC. The second-order valence-corrected chi connectivity index (χ2v) is 11.5. The Morgan fingerprint density at radius 2 is 1.47 bits per heavy atom. The normalized spacial score (nSPS) is 16.3. The molecular formula is C29H52N2O6P+. The highest BCUT2D eigenvalue weighted by Gasteiger charge is 2.27. The van der Waals surface area contributed by atoms with Crippen molar-refractivity contribution in [3.05, 3.63) is 60.8 Å². The third kappa shape index (κ3) is 23.3. The Bertz CT molecular complexity index is 814. The molecule has 218 valence electrons. The van der Waals surface area contributed by atoms with E-state index in [0.29, 0.717) is 17.4 Å². The van der Waals surface area contributed by atoms with Crippen molar-refractivity contribution in [2.75, 3.05) is 40.9 Å². The summed E-state index contributed by atoms with van der Waals surface area (Å²) in [7, 11) is 1.50. The molecule has 0 aromatic rings. The van der Waals surface area contributed by atoms with E-state index in [1.807, 2.05) is 46.3 Å². The number of amides is 1. The average Bonchev–Trinajstić information content (AvgIpc) is 2.83. The molecule has 0 aliphatic rings. The standard InChI is InChI=1S/C29H51N2O6P/c1-6-8-10-11-12-13-14-15-16-17-18-19-21-23-29(33)30-27(28(32)22-20-9-7-2)26-37-38(34,35)36-25-24-31(3,4)5/h8,10,12-13,15-16,18-20,22,27-28,32H,6-7,9,11,14,17,21,23-26H2,1-5H3,(H-,30,33,34,35)/p+1/b10-8-,13-12-,16-15-,19-18-,22-20+. The zero-order chi connectivity index (χ0) is 28.7. The first-order valence-corrected chi connectivity index (χ1v) is 15.2. The summed E-state index contributed by atoms with van der Waals surface area (Å²) in [5, 5.41) is 13.2. The Labute approximate surface area is 231 Å². The summed E-state index contributed by atoms with van der Waals surface area (Å²) in [4.78, 5) is 22.5. The zero-order valence-corrected chi connectivity index (χ0v) is 25.0. The Morgan fingerprint density at radius 1 is 0.895 bits per heavy atom. The number of unbranched alkanes of at least 4 members (excludes halogenated alkanes) is 1. The molecule has 0 spiro atoms. The highest BCUT2D eigenvalue weighted by atomic mass is 31.2. The van der Waals surface area contributed by atoms with Gasteiger partial charge in [0.05, 0.1) is 39.9 Å². The molecule has 0 bridgehead atoms. The van der Waals surface area contributed by atoms with Gasteiger partial charge in [-0.1, -0.05) is 81.0 Å². The van der Waals surface area contributed by atoms with Gasteiger partial charge in [-0.2, -0.15) is 0 Å². The number of rotatable bonds is 22. The number of nitrogens with one attached hydrogen (secondary N) is 1. The quantitative estimate of drug-likeness (QED) is 0.0911. The van der Waals surface area contributed by atoms with Crippen LogP contribution in [0.5, 0.6) is 0 Å². The lowest BCUT2D eigenvalue weighted by atomic mass is 10.1. The molecule has 0 heterocycles. The van der Waals surface area contributed by atoms with Gasteiger partial charge in [0.25, 0.3) is 0 Å². The van der Waals surface area contributed by atoms with E-state index in [0.717, 1.165) is 38.5 Å². The second kappa shape index (κ2) is 22.1. The van der Waals surface area contributed by atoms with Crippen LogP contribution >= 0.6 is 7.82 Å². The van der Waals surface area contributed by atoms with Crippen LogP contribution in [0.3, 0.4) is 0 Å². The number of likely N-dealkylation sites (N-methyl/N-ethyl adjacent to an activating group) is 1. The van der Waals surface area contributed by atoms with Gasteiger partial charge in [-0.3, -0.25) is 13.8 Å². The van der Waals surface area contributed by atoms with Crippen LogP contribution in [-0.2, 0) is 18.4 Å². The minimum atomic E-state index is -4.32. The van der Waals surface area contributed by atoms with Gasteiger partial charge in [-0.05, 0) is 38.5 Å². The van der Waals surface area contributed by atoms with Crippen LogP contribution in [0.2, 0.25) is 0 Å². The molecule has 0 saturated heterocycles. The molecule has 3 N–H and O–H groups in total. The van der Waals surface area contributed by atoms with Gasteiger partial charge >= 0.3 is 7.82 Å². The number of aliphatic hydroxyl groups excluding tert-OH is 1. The molecule has 8 nitrogen and oxygen atoms in total. The lowest BCUT2D eigenvalue weighted by Crippen LogP contribution is -2.45. The summed E-state index contributed by atoms with van der Waals surface area (Å²) in [6.45, 7) is 4.35. The van der Waals surface area contributed by atoms with Crippen molar-refractivity contribution in [3.8, 4) is 0 Å². The van der Waals surface area contributed by atoms with E-state index in [-0.39, 0.29) is 25.5 Å². The molecule has 1 amide bonds. The average molecular weight is 556 g/mol. The molecule has 0 saturated carbocycles. The van der Waals surface area contributed by atoms with Crippen LogP contribution in [-0.4, -0.2) is 73.4 Å². The van der Waals surface area contributed by atoms with E-state index in [1.54, 1.807) is 6.08 Å². The first-order chi connectivity index (χ1) is 18.0. The van der Waals surface area contributed by atoms with Gasteiger partial charge in [0.1, 0.15) is 13.2 Å². The Kier molecular flexibility index (Phi) is 21.0. The van der Waals surface area contributed by atoms with Crippen LogP contribution < -0.4 is 5.32 Å². The van der Waals surface area contributed by atoms with Crippen molar-refractivity contribution in [2.24, 2.45) is 0 Å². The minimum Gasteiger partial charge on any atom is -0.387 e. The fourth-order valence-corrected chi connectivity index (χ4v) is 3.73. The molecule has 0 radical (unpaired) electrons. The van der Waals surface area contributed by atoms with Crippen LogP contribution in [0, 0.1) is 0 Å². The van der Waals surface area contributed by atoms with Crippen molar-refractivity contribution in [2.45, 2.75) is 77.4 Å². The number of aliphatic hydroxyl groups is 1. The van der Waals surface area contributed by atoms with Gasteiger partial charge < -0.3 is 19.8 Å². The summed E-state index contributed by atoms with van der Waals surface area (Å²) < 4.78 is 23.0. The van der Waals surface area contributed by atoms with Gasteiger partial charge in [0, 0.05) is 6.42 Å². The maximum atomic E-state index is 12.5. The minimum absolute atomic E-state index is 0.0438. The molecule has 3 unspecified atom stereocenters.